The molecule has 0 saturated carbocycles. The van der Waals surface area contributed by atoms with Gasteiger partial charge in [0.25, 0.3) is 0 Å². The van der Waals surface area contributed by atoms with Crippen molar-refractivity contribution in [2.75, 3.05) is 0 Å². The van der Waals surface area contributed by atoms with Crippen molar-refractivity contribution in [2.24, 2.45) is 5.92 Å². The molecule has 1 aliphatic rings. The van der Waals surface area contributed by atoms with Gasteiger partial charge in [-0.15, -0.1) is 0 Å². The first-order chi connectivity index (χ1) is 6.09. The van der Waals surface area contributed by atoms with E-state index in [1.807, 2.05) is 0 Å². The second kappa shape index (κ2) is 4.40. The predicted molar refractivity (Wildman–Crippen MR) is 47.3 cm³/mol. The van der Waals surface area contributed by atoms with Gasteiger partial charge in [0.15, 0.2) is 0 Å². The van der Waals surface area contributed by atoms with Crippen LogP contribution >= 0.6 is 0 Å². The largest absolute Gasteiger partial charge is 0.435 e. The molecule has 0 aromatic carbocycles. The van der Waals surface area contributed by atoms with Crippen LogP contribution in [0.15, 0.2) is 23.5 Å². The third-order valence-electron chi connectivity index (χ3n) is 2.07. The van der Waals surface area contributed by atoms with Gasteiger partial charge in [-0.2, -0.15) is 8.78 Å². The summed E-state index contributed by atoms with van der Waals surface area (Å²) in [5, 5.41) is 0. The number of halogens is 2. The first-order valence-corrected chi connectivity index (χ1v) is 4.45. The number of allylic oxidation sites excluding steroid dienone is 3. The molecule has 13 heavy (non-hydrogen) atoms. The summed E-state index contributed by atoms with van der Waals surface area (Å²) in [5.74, 6) is 0.718. The number of alkyl halides is 2. The summed E-state index contributed by atoms with van der Waals surface area (Å²) in [6, 6.07) is 0. The normalized spacial score (nSPS) is 17.4. The van der Waals surface area contributed by atoms with Crippen LogP contribution in [0.5, 0.6) is 0 Å². The molecule has 0 radical (unpaired) electrons. The molecule has 1 rings (SSSR count). The SMILES string of the molecule is CC(C)C1=CC(OC(F)F)=CCC1. The molecule has 0 atom stereocenters. The fourth-order valence-corrected chi connectivity index (χ4v) is 1.34. The molecular formula is C10H14F2O. The molecule has 74 valence electrons. The Bertz CT molecular complexity index is 229. The quantitative estimate of drug-likeness (QED) is 0.658. The van der Waals surface area contributed by atoms with Gasteiger partial charge >= 0.3 is 6.61 Å². The zero-order valence-corrected chi connectivity index (χ0v) is 7.89. The highest BCUT2D eigenvalue weighted by atomic mass is 19.3. The Balaban J connectivity index is 2.62. The lowest BCUT2D eigenvalue weighted by atomic mass is 9.94. The Morgan fingerprint density at radius 2 is 2.08 bits per heavy atom. The van der Waals surface area contributed by atoms with Crippen LogP contribution in [0.25, 0.3) is 0 Å². The van der Waals surface area contributed by atoms with Crippen molar-refractivity contribution in [3.63, 3.8) is 0 Å². The molecular weight excluding hydrogens is 174 g/mol. The van der Waals surface area contributed by atoms with Crippen molar-refractivity contribution in [1.29, 1.82) is 0 Å². The van der Waals surface area contributed by atoms with Gasteiger partial charge in [0.2, 0.25) is 0 Å². The highest BCUT2D eigenvalue weighted by Crippen LogP contribution is 2.24. The summed E-state index contributed by atoms with van der Waals surface area (Å²) in [7, 11) is 0. The zero-order chi connectivity index (χ0) is 9.84. The van der Waals surface area contributed by atoms with Crippen molar-refractivity contribution >= 4 is 0 Å². The van der Waals surface area contributed by atoms with Gasteiger partial charge in [0.1, 0.15) is 5.76 Å². The fraction of sp³-hybridized carbons (Fsp3) is 0.600. The van der Waals surface area contributed by atoms with Crippen LogP contribution in [0.1, 0.15) is 26.7 Å². The molecule has 3 heteroatoms. The maximum atomic E-state index is 11.9. The van der Waals surface area contributed by atoms with Gasteiger partial charge in [0.05, 0.1) is 0 Å². The van der Waals surface area contributed by atoms with Gasteiger partial charge in [0, 0.05) is 0 Å². The first-order valence-electron chi connectivity index (χ1n) is 4.45. The van der Waals surface area contributed by atoms with E-state index in [0.29, 0.717) is 11.7 Å². The molecule has 0 N–H and O–H groups in total. The second-order valence-corrected chi connectivity index (χ2v) is 3.40. The Morgan fingerprint density at radius 3 is 2.62 bits per heavy atom. The van der Waals surface area contributed by atoms with E-state index < -0.39 is 6.61 Å². The lowest BCUT2D eigenvalue weighted by Gasteiger charge is -2.16. The monoisotopic (exact) mass is 188 g/mol. The van der Waals surface area contributed by atoms with Gasteiger partial charge in [-0.05, 0) is 30.9 Å². The van der Waals surface area contributed by atoms with Gasteiger partial charge in [-0.3, -0.25) is 0 Å². The molecule has 1 nitrogen and oxygen atoms in total. The van der Waals surface area contributed by atoms with Crippen molar-refractivity contribution < 1.29 is 13.5 Å². The number of hydrogen-bond donors (Lipinski definition) is 0. The van der Waals surface area contributed by atoms with Crippen LogP contribution in [-0.2, 0) is 4.74 Å². The van der Waals surface area contributed by atoms with E-state index >= 15 is 0 Å². The van der Waals surface area contributed by atoms with Crippen LogP contribution < -0.4 is 0 Å². The third kappa shape index (κ3) is 3.17. The molecule has 0 spiro atoms. The van der Waals surface area contributed by atoms with Gasteiger partial charge in [-0.1, -0.05) is 19.4 Å². The average molecular weight is 188 g/mol. The molecule has 0 fully saturated rings. The summed E-state index contributed by atoms with van der Waals surface area (Å²) in [4.78, 5) is 0. The Hall–Kier alpha value is -0.860. The van der Waals surface area contributed by atoms with E-state index in [0.717, 1.165) is 12.8 Å². The molecule has 1 aliphatic carbocycles. The van der Waals surface area contributed by atoms with Gasteiger partial charge in [-0.25, -0.2) is 0 Å². The minimum atomic E-state index is -2.71. The first kappa shape index (κ1) is 10.2. The zero-order valence-electron chi connectivity index (χ0n) is 7.89. The van der Waals surface area contributed by atoms with Crippen LogP contribution in [0, 0.1) is 5.92 Å². The van der Waals surface area contributed by atoms with E-state index in [-0.39, 0.29) is 0 Å². The molecule has 0 aliphatic heterocycles. The maximum absolute atomic E-state index is 11.9. The summed E-state index contributed by atoms with van der Waals surface area (Å²) in [6.45, 7) is 1.39. The standard InChI is InChI=1S/C10H14F2O/c1-7(2)8-4-3-5-9(6-8)13-10(11)12/h5-7,10H,3-4H2,1-2H3. The lowest BCUT2D eigenvalue weighted by Crippen LogP contribution is -2.04. The minimum absolute atomic E-state index is 0.310. The molecule has 0 bridgehead atoms. The Labute approximate surface area is 77.1 Å². The summed E-state index contributed by atoms with van der Waals surface area (Å²) in [5.41, 5.74) is 1.18. The maximum Gasteiger partial charge on any atom is 0.387 e. The summed E-state index contributed by atoms with van der Waals surface area (Å²) >= 11 is 0. The van der Waals surface area contributed by atoms with E-state index in [9.17, 15) is 8.78 Å². The predicted octanol–water partition coefficient (Wildman–Crippen LogP) is 3.49. The number of rotatable bonds is 3. The summed E-state index contributed by atoms with van der Waals surface area (Å²) < 4.78 is 28.0. The molecule has 0 heterocycles. The summed E-state index contributed by atoms with van der Waals surface area (Å²) in [6.07, 6.45) is 5.18. The van der Waals surface area contributed by atoms with Crippen molar-refractivity contribution in [3.8, 4) is 0 Å². The smallest absolute Gasteiger partial charge is 0.387 e. The van der Waals surface area contributed by atoms with Crippen LogP contribution in [0.3, 0.4) is 0 Å². The Morgan fingerprint density at radius 1 is 1.38 bits per heavy atom. The molecule has 0 amide bonds. The molecule has 0 aromatic heterocycles. The minimum Gasteiger partial charge on any atom is -0.435 e. The van der Waals surface area contributed by atoms with Crippen LogP contribution in [0.2, 0.25) is 0 Å². The van der Waals surface area contributed by atoms with E-state index in [2.05, 4.69) is 18.6 Å². The van der Waals surface area contributed by atoms with Crippen molar-refractivity contribution in [2.45, 2.75) is 33.3 Å². The third-order valence-corrected chi connectivity index (χ3v) is 2.07. The van der Waals surface area contributed by atoms with E-state index in [1.54, 1.807) is 12.2 Å². The molecule has 0 aromatic rings. The highest BCUT2D eigenvalue weighted by molar-refractivity contribution is 5.24. The number of ether oxygens (including phenoxy) is 1. The van der Waals surface area contributed by atoms with E-state index in [1.165, 1.54) is 5.57 Å². The second-order valence-electron chi connectivity index (χ2n) is 3.40. The topological polar surface area (TPSA) is 9.23 Å². The van der Waals surface area contributed by atoms with E-state index in [4.69, 9.17) is 0 Å². The van der Waals surface area contributed by atoms with Crippen LogP contribution in [0.4, 0.5) is 8.78 Å². The van der Waals surface area contributed by atoms with Crippen molar-refractivity contribution in [1.82, 2.24) is 0 Å². The average Bonchev–Trinajstić information content (AvgIpc) is 2.03. The lowest BCUT2D eigenvalue weighted by molar-refractivity contribution is -0.0926. The highest BCUT2D eigenvalue weighted by Gasteiger charge is 2.12. The molecule has 0 unspecified atom stereocenters. The van der Waals surface area contributed by atoms with Gasteiger partial charge < -0.3 is 4.74 Å². The van der Waals surface area contributed by atoms with Crippen molar-refractivity contribution in [3.05, 3.63) is 23.5 Å². The Kier molecular flexibility index (Phi) is 3.46. The van der Waals surface area contributed by atoms with Crippen LogP contribution in [-0.4, -0.2) is 6.61 Å². The molecule has 0 saturated heterocycles. The number of hydrogen-bond acceptors (Lipinski definition) is 1. The fourth-order valence-electron chi connectivity index (χ4n) is 1.34.